The van der Waals surface area contributed by atoms with Crippen LogP contribution in [0.4, 0.5) is 0 Å². The molecule has 1 atom stereocenters. The first-order valence-electron chi connectivity index (χ1n) is 4.39. The van der Waals surface area contributed by atoms with E-state index in [2.05, 4.69) is 9.72 Å². The number of rotatable bonds is 4. The van der Waals surface area contributed by atoms with Crippen LogP contribution in [0, 0.1) is 6.92 Å². The third-order valence-corrected chi connectivity index (χ3v) is 2.45. The van der Waals surface area contributed by atoms with Gasteiger partial charge in [-0.2, -0.15) is 0 Å². The number of thiazole rings is 1. The van der Waals surface area contributed by atoms with E-state index in [-0.39, 0.29) is 13.0 Å². The van der Waals surface area contributed by atoms with Crippen molar-refractivity contribution in [2.24, 2.45) is 0 Å². The molecular weight excluding hydrogens is 202 g/mol. The van der Waals surface area contributed by atoms with Crippen molar-refractivity contribution in [2.45, 2.75) is 26.4 Å². The van der Waals surface area contributed by atoms with Crippen molar-refractivity contribution in [3.05, 3.63) is 16.1 Å². The van der Waals surface area contributed by atoms with Crippen LogP contribution in [0.25, 0.3) is 0 Å². The quantitative estimate of drug-likeness (QED) is 0.759. The highest BCUT2D eigenvalue weighted by molar-refractivity contribution is 7.09. The first kappa shape index (κ1) is 11.1. The number of aryl methyl sites for hydroxylation is 1. The van der Waals surface area contributed by atoms with Crippen molar-refractivity contribution in [1.29, 1.82) is 0 Å². The summed E-state index contributed by atoms with van der Waals surface area (Å²) < 4.78 is 4.67. The minimum absolute atomic E-state index is 0.225. The Morgan fingerprint density at radius 1 is 1.79 bits per heavy atom. The van der Waals surface area contributed by atoms with Crippen molar-refractivity contribution in [3.63, 3.8) is 0 Å². The van der Waals surface area contributed by atoms with Gasteiger partial charge in [0.25, 0.3) is 0 Å². The Kier molecular flexibility index (Phi) is 4.03. The minimum Gasteiger partial charge on any atom is -0.464 e. The van der Waals surface area contributed by atoms with E-state index in [1.807, 2.05) is 12.3 Å². The lowest BCUT2D eigenvalue weighted by Gasteiger charge is -2.07. The van der Waals surface area contributed by atoms with Crippen molar-refractivity contribution in [2.75, 3.05) is 6.61 Å². The Labute approximate surface area is 86.6 Å². The highest BCUT2D eigenvalue weighted by Gasteiger charge is 2.17. The molecule has 4 nitrogen and oxygen atoms in total. The standard InChI is InChI=1S/C9H13NO3S/c1-3-13-9(12)8(11)4-7-5-14-6(2)10-7/h5,8,11H,3-4H2,1-2H3. The highest BCUT2D eigenvalue weighted by Crippen LogP contribution is 2.10. The maximum Gasteiger partial charge on any atom is 0.335 e. The van der Waals surface area contributed by atoms with Gasteiger partial charge in [0.1, 0.15) is 0 Å². The van der Waals surface area contributed by atoms with Crippen molar-refractivity contribution in [3.8, 4) is 0 Å². The predicted molar refractivity (Wildman–Crippen MR) is 53.2 cm³/mol. The molecule has 78 valence electrons. The lowest BCUT2D eigenvalue weighted by Crippen LogP contribution is -2.25. The fourth-order valence-electron chi connectivity index (χ4n) is 1.02. The van der Waals surface area contributed by atoms with Gasteiger partial charge in [0.15, 0.2) is 6.10 Å². The molecule has 0 amide bonds. The number of aromatic nitrogens is 1. The molecule has 0 aromatic carbocycles. The van der Waals surface area contributed by atoms with E-state index in [9.17, 15) is 9.90 Å². The zero-order chi connectivity index (χ0) is 10.6. The molecular formula is C9H13NO3S. The van der Waals surface area contributed by atoms with Crippen LogP contribution >= 0.6 is 11.3 Å². The molecule has 0 aliphatic rings. The van der Waals surface area contributed by atoms with Gasteiger partial charge in [-0.15, -0.1) is 11.3 Å². The second-order valence-electron chi connectivity index (χ2n) is 2.83. The lowest BCUT2D eigenvalue weighted by atomic mass is 10.2. The first-order chi connectivity index (χ1) is 6.63. The predicted octanol–water partition coefficient (Wildman–Crippen LogP) is 0.918. The first-order valence-corrected chi connectivity index (χ1v) is 5.27. The molecule has 1 unspecified atom stereocenters. The van der Waals surface area contributed by atoms with Gasteiger partial charge in [0.05, 0.1) is 17.3 Å². The van der Waals surface area contributed by atoms with E-state index in [1.165, 1.54) is 11.3 Å². The maximum atomic E-state index is 11.1. The Balaban J connectivity index is 2.48. The van der Waals surface area contributed by atoms with Crippen LogP contribution in [0.1, 0.15) is 17.6 Å². The normalized spacial score (nSPS) is 12.5. The number of carbonyl (C=O) groups excluding carboxylic acids is 1. The summed E-state index contributed by atoms with van der Waals surface area (Å²) in [5, 5.41) is 12.2. The van der Waals surface area contributed by atoms with Gasteiger partial charge in [0.2, 0.25) is 0 Å². The number of esters is 1. The number of ether oxygens (including phenoxy) is 1. The largest absolute Gasteiger partial charge is 0.464 e. The smallest absolute Gasteiger partial charge is 0.335 e. The fraction of sp³-hybridized carbons (Fsp3) is 0.556. The van der Waals surface area contributed by atoms with Crippen molar-refractivity contribution in [1.82, 2.24) is 4.98 Å². The maximum absolute atomic E-state index is 11.1. The summed E-state index contributed by atoms with van der Waals surface area (Å²) in [6.45, 7) is 3.87. The Bertz CT molecular complexity index is 311. The van der Waals surface area contributed by atoms with Crippen LogP contribution in [-0.2, 0) is 16.0 Å². The van der Waals surface area contributed by atoms with Gasteiger partial charge < -0.3 is 9.84 Å². The molecule has 1 heterocycles. The SMILES string of the molecule is CCOC(=O)C(O)Cc1csc(C)n1. The van der Waals surface area contributed by atoms with Crippen LogP contribution in [0.15, 0.2) is 5.38 Å². The zero-order valence-corrected chi connectivity index (χ0v) is 9.00. The summed E-state index contributed by atoms with van der Waals surface area (Å²) in [5.74, 6) is -0.585. The molecule has 14 heavy (non-hydrogen) atoms. The number of carbonyl (C=O) groups is 1. The third-order valence-electron chi connectivity index (χ3n) is 1.63. The lowest BCUT2D eigenvalue weighted by molar-refractivity contribution is -0.152. The van der Waals surface area contributed by atoms with Crippen LogP contribution < -0.4 is 0 Å². The molecule has 0 aliphatic carbocycles. The van der Waals surface area contributed by atoms with Gasteiger partial charge in [-0.25, -0.2) is 9.78 Å². The summed E-state index contributed by atoms with van der Waals surface area (Å²) in [4.78, 5) is 15.2. The average Bonchev–Trinajstić information content (AvgIpc) is 2.51. The zero-order valence-electron chi connectivity index (χ0n) is 8.19. The number of hydrogen-bond acceptors (Lipinski definition) is 5. The molecule has 0 radical (unpaired) electrons. The van der Waals surface area contributed by atoms with E-state index >= 15 is 0 Å². The molecule has 1 aromatic heterocycles. The Morgan fingerprint density at radius 2 is 2.50 bits per heavy atom. The summed E-state index contributed by atoms with van der Waals surface area (Å²) in [7, 11) is 0. The van der Waals surface area contributed by atoms with Crippen molar-refractivity contribution >= 4 is 17.3 Å². The van der Waals surface area contributed by atoms with E-state index < -0.39 is 12.1 Å². The third kappa shape index (κ3) is 3.08. The van der Waals surface area contributed by atoms with Gasteiger partial charge in [-0.3, -0.25) is 0 Å². The van der Waals surface area contributed by atoms with E-state index in [1.54, 1.807) is 6.92 Å². The monoisotopic (exact) mass is 215 g/mol. The fourth-order valence-corrected chi connectivity index (χ4v) is 1.65. The second-order valence-corrected chi connectivity index (χ2v) is 3.89. The van der Waals surface area contributed by atoms with Crippen LogP contribution in [-0.4, -0.2) is 28.8 Å². The second kappa shape index (κ2) is 5.07. The molecule has 0 bridgehead atoms. The van der Waals surface area contributed by atoms with Gasteiger partial charge in [0, 0.05) is 11.8 Å². The summed E-state index contributed by atoms with van der Waals surface area (Å²) in [6.07, 6.45) is -0.875. The summed E-state index contributed by atoms with van der Waals surface area (Å²) >= 11 is 1.50. The summed E-state index contributed by atoms with van der Waals surface area (Å²) in [6, 6.07) is 0. The molecule has 5 heteroatoms. The number of aliphatic hydroxyl groups excluding tert-OH is 1. The molecule has 0 aliphatic heterocycles. The van der Waals surface area contributed by atoms with E-state index in [4.69, 9.17) is 0 Å². The Hall–Kier alpha value is -0.940. The van der Waals surface area contributed by atoms with Gasteiger partial charge >= 0.3 is 5.97 Å². The van der Waals surface area contributed by atoms with Gasteiger partial charge in [-0.1, -0.05) is 0 Å². The van der Waals surface area contributed by atoms with Gasteiger partial charge in [-0.05, 0) is 13.8 Å². The minimum atomic E-state index is -1.10. The van der Waals surface area contributed by atoms with Crippen LogP contribution in [0.3, 0.4) is 0 Å². The molecule has 0 saturated carbocycles. The molecule has 0 saturated heterocycles. The molecule has 0 spiro atoms. The number of nitrogens with zero attached hydrogens (tertiary/aromatic N) is 1. The van der Waals surface area contributed by atoms with E-state index in [0.29, 0.717) is 0 Å². The number of hydrogen-bond donors (Lipinski definition) is 1. The summed E-state index contributed by atoms with van der Waals surface area (Å²) in [5.41, 5.74) is 0.730. The number of aliphatic hydroxyl groups is 1. The van der Waals surface area contributed by atoms with E-state index in [0.717, 1.165) is 10.7 Å². The molecule has 1 aromatic rings. The topological polar surface area (TPSA) is 59.4 Å². The molecule has 1 rings (SSSR count). The van der Waals surface area contributed by atoms with Crippen molar-refractivity contribution < 1.29 is 14.6 Å². The molecule has 1 N–H and O–H groups in total. The highest BCUT2D eigenvalue weighted by atomic mass is 32.1. The van der Waals surface area contributed by atoms with Crippen LogP contribution in [0.2, 0.25) is 0 Å². The average molecular weight is 215 g/mol. The molecule has 0 fully saturated rings. The van der Waals surface area contributed by atoms with Crippen LogP contribution in [0.5, 0.6) is 0 Å². The Morgan fingerprint density at radius 3 is 3.00 bits per heavy atom.